The van der Waals surface area contributed by atoms with Crippen molar-refractivity contribution in [2.24, 2.45) is 0 Å². The molecule has 6 rings (SSSR count). The second-order valence-electron chi connectivity index (χ2n) is 8.15. The van der Waals surface area contributed by atoms with Crippen molar-refractivity contribution in [2.45, 2.75) is 31.7 Å². The van der Waals surface area contributed by atoms with E-state index in [1.807, 2.05) is 42.5 Å². The summed E-state index contributed by atoms with van der Waals surface area (Å²) in [6, 6.07) is 17.7. The van der Waals surface area contributed by atoms with Gasteiger partial charge in [-0.1, -0.05) is 42.5 Å². The molecule has 3 aromatic heterocycles. The Labute approximate surface area is 193 Å². The molecule has 8 nitrogen and oxygen atoms in total. The number of para-hydroxylation sites is 2. The maximum Gasteiger partial charge on any atom is 0.255 e. The van der Waals surface area contributed by atoms with E-state index in [-0.39, 0.29) is 11.9 Å². The Balaban J connectivity index is 1.38. The first kappa shape index (κ1) is 19.8. The maximum atomic E-state index is 13.7. The van der Waals surface area contributed by atoms with E-state index in [1.165, 1.54) is 4.88 Å². The maximum absolute atomic E-state index is 13.7. The molecule has 0 spiro atoms. The zero-order chi connectivity index (χ0) is 22.2. The minimum atomic E-state index is -0.314. The van der Waals surface area contributed by atoms with E-state index < -0.39 is 0 Å². The van der Waals surface area contributed by atoms with Crippen LogP contribution in [0.15, 0.2) is 60.9 Å². The van der Waals surface area contributed by atoms with Crippen LogP contribution >= 0.6 is 11.3 Å². The van der Waals surface area contributed by atoms with Gasteiger partial charge in [0.05, 0.1) is 22.6 Å². The zero-order valence-corrected chi connectivity index (χ0v) is 18.5. The molecule has 0 radical (unpaired) electrons. The SMILES string of the molecule is O=C(N[C@H](Cc1ccccc1)c1nc2ccccc2[nH]1)c1c(-n2cnnn2)sc2c1CCC2. The lowest BCUT2D eigenvalue weighted by Gasteiger charge is -2.18. The number of fused-ring (bicyclic) bond motifs is 2. The molecule has 0 aliphatic heterocycles. The predicted octanol–water partition coefficient (Wildman–Crippen LogP) is 3.80. The number of tetrazole rings is 1. The van der Waals surface area contributed by atoms with Crippen molar-refractivity contribution in [3.63, 3.8) is 0 Å². The summed E-state index contributed by atoms with van der Waals surface area (Å²) in [4.78, 5) is 23.2. The van der Waals surface area contributed by atoms with Crippen LogP contribution in [0.5, 0.6) is 0 Å². The first-order valence-electron chi connectivity index (χ1n) is 10.9. The number of benzene rings is 2. The third-order valence-corrected chi connectivity index (χ3v) is 7.29. The lowest BCUT2D eigenvalue weighted by atomic mass is 10.0. The molecule has 1 amide bonds. The van der Waals surface area contributed by atoms with Crippen LogP contribution in [0.1, 0.15) is 44.6 Å². The fourth-order valence-corrected chi connectivity index (χ4v) is 5.78. The number of carbonyl (C=O) groups excluding carboxylic acids is 1. The number of H-pyrrole nitrogens is 1. The predicted molar refractivity (Wildman–Crippen MR) is 126 cm³/mol. The molecule has 33 heavy (non-hydrogen) atoms. The molecule has 5 aromatic rings. The van der Waals surface area contributed by atoms with Gasteiger partial charge in [0.25, 0.3) is 5.91 Å². The standard InChI is InChI=1S/C24H21N7OS/c32-23(21-16-9-6-12-20(16)33-24(21)31-14-25-29-30-31)28-19(13-15-7-2-1-3-8-15)22-26-17-10-4-5-11-18(17)27-22/h1-5,7-8,10-11,14,19H,6,9,12-13H2,(H,26,27)(H,28,32)/t19-/m1/s1. The van der Waals surface area contributed by atoms with Crippen LogP contribution in [0, 0.1) is 0 Å². The third kappa shape index (κ3) is 3.70. The van der Waals surface area contributed by atoms with Gasteiger partial charge >= 0.3 is 0 Å². The van der Waals surface area contributed by atoms with Crippen molar-refractivity contribution >= 4 is 28.3 Å². The fourth-order valence-electron chi connectivity index (χ4n) is 4.47. The molecule has 2 N–H and O–H groups in total. The average molecular weight is 456 g/mol. The second-order valence-corrected chi connectivity index (χ2v) is 9.23. The van der Waals surface area contributed by atoms with E-state index in [0.717, 1.165) is 52.2 Å². The van der Waals surface area contributed by atoms with Gasteiger partial charge in [0, 0.05) is 4.88 Å². The molecule has 164 valence electrons. The molecule has 9 heteroatoms. The first-order chi connectivity index (χ1) is 16.3. The van der Waals surface area contributed by atoms with Gasteiger partial charge in [-0.2, -0.15) is 4.68 Å². The van der Waals surface area contributed by atoms with Gasteiger partial charge in [-0.05, 0) is 59.4 Å². The third-order valence-electron chi connectivity index (χ3n) is 6.01. The number of rotatable bonds is 6. The molecule has 0 saturated carbocycles. The van der Waals surface area contributed by atoms with E-state index in [2.05, 4.69) is 38.0 Å². The van der Waals surface area contributed by atoms with Gasteiger partial charge in [0.15, 0.2) is 0 Å². The number of aromatic nitrogens is 6. The molecular weight excluding hydrogens is 434 g/mol. The van der Waals surface area contributed by atoms with Gasteiger partial charge in [-0.25, -0.2) is 4.98 Å². The molecule has 0 fully saturated rings. The number of amides is 1. The normalized spacial score (nSPS) is 13.8. The molecule has 1 aliphatic rings. The van der Waals surface area contributed by atoms with E-state index in [9.17, 15) is 4.79 Å². The van der Waals surface area contributed by atoms with Crippen molar-refractivity contribution < 1.29 is 4.79 Å². The summed E-state index contributed by atoms with van der Waals surface area (Å²) in [5.41, 5.74) is 4.75. The Morgan fingerprint density at radius 2 is 1.97 bits per heavy atom. The summed E-state index contributed by atoms with van der Waals surface area (Å²) in [7, 11) is 0. The Morgan fingerprint density at radius 1 is 1.12 bits per heavy atom. The number of hydrogen-bond donors (Lipinski definition) is 2. The molecular formula is C24H21N7OS. The van der Waals surface area contributed by atoms with Crippen LogP contribution < -0.4 is 5.32 Å². The molecule has 1 atom stereocenters. The minimum absolute atomic E-state index is 0.124. The first-order valence-corrected chi connectivity index (χ1v) is 11.8. The number of nitrogens with zero attached hydrogens (tertiary/aromatic N) is 5. The summed E-state index contributed by atoms with van der Waals surface area (Å²) in [6.45, 7) is 0. The van der Waals surface area contributed by atoms with Crippen LogP contribution in [-0.2, 0) is 19.3 Å². The molecule has 3 heterocycles. The van der Waals surface area contributed by atoms with E-state index in [4.69, 9.17) is 4.98 Å². The summed E-state index contributed by atoms with van der Waals surface area (Å²) in [5.74, 6) is 0.616. The highest BCUT2D eigenvalue weighted by atomic mass is 32.1. The second kappa shape index (κ2) is 8.25. The Kier molecular flexibility index (Phi) is 4.95. The summed E-state index contributed by atoms with van der Waals surface area (Å²) >= 11 is 1.60. The van der Waals surface area contributed by atoms with Crippen molar-refractivity contribution in [1.29, 1.82) is 0 Å². The number of hydrogen-bond acceptors (Lipinski definition) is 6. The van der Waals surface area contributed by atoms with Gasteiger partial charge < -0.3 is 10.3 Å². The Bertz CT molecular complexity index is 1390. The largest absolute Gasteiger partial charge is 0.342 e. The van der Waals surface area contributed by atoms with Crippen LogP contribution in [-0.4, -0.2) is 36.1 Å². The quantitative estimate of drug-likeness (QED) is 0.406. The highest BCUT2D eigenvalue weighted by Gasteiger charge is 2.30. The summed E-state index contributed by atoms with van der Waals surface area (Å²) < 4.78 is 1.59. The van der Waals surface area contributed by atoms with Crippen molar-refractivity contribution in [2.75, 3.05) is 0 Å². The van der Waals surface area contributed by atoms with Crippen molar-refractivity contribution in [3.05, 3.63) is 88.3 Å². The zero-order valence-electron chi connectivity index (χ0n) is 17.7. The average Bonchev–Trinajstić information content (AvgIpc) is 3.62. The van der Waals surface area contributed by atoms with Crippen LogP contribution in [0.2, 0.25) is 0 Å². The Morgan fingerprint density at radius 3 is 2.79 bits per heavy atom. The number of aryl methyl sites for hydroxylation is 1. The lowest BCUT2D eigenvalue weighted by Crippen LogP contribution is -2.31. The van der Waals surface area contributed by atoms with Gasteiger partial charge in [-0.15, -0.1) is 16.4 Å². The van der Waals surface area contributed by atoms with Crippen LogP contribution in [0.25, 0.3) is 16.0 Å². The fraction of sp³-hybridized carbons (Fsp3) is 0.208. The van der Waals surface area contributed by atoms with E-state index >= 15 is 0 Å². The van der Waals surface area contributed by atoms with E-state index in [0.29, 0.717) is 12.0 Å². The number of nitrogens with one attached hydrogen (secondary N) is 2. The number of thiophene rings is 1. The molecule has 2 aromatic carbocycles. The molecule has 0 saturated heterocycles. The van der Waals surface area contributed by atoms with Crippen molar-refractivity contribution in [3.8, 4) is 5.00 Å². The van der Waals surface area contributed by atoms with E-state index in [1.54, 1.807) is 22.3 Å². The highest BCUT2D eigenvalue weighted by Crippen LogP contribution is 2.37. The lowest BCUT2D eigenvalue weighted by molar-refractivity contribution is 0.0934. The van der Waals surface area contributed by atoms with Gasteiger partial charge in [0.2, 0.25) is 0 Å². The molecule has 0 unspecified atom stereocenters. The number of imidazole rings is 1. The number of aromatic amines is 1. The minimum Gasteiger partial charge on any atom is -0.342 e. The van der Waals surface area contributed by atoms with Crippen molar-refractivity contribution in [1.82, 2.24) is 35.5 Å². The van der Waals surface area contributed by atoms with Crippen LogP contribution in [0.3, 0.4) is 0 Å². The van der Waals surface area contributed by atoms with Gasteiger partial charge in [0.1, 0.15) is 17.2 Å². The summed E-state index contributed by atoms with van der Waals surface area (Å²) in [5, 5.41) is 15.6. The van der Waals surface area contributed by atoms with Crippen LogP contribution in [0.4, 0.5) is 0 Å². The van der Waals surface area contributed by atoms with Gasteiger partial charge in [-0.3, -0.25) is 4.79 Å². The highest BCUT2D eigenvalue weighted by molar-refractivity contribution is 7.15. The molecule has 0 bridgehead atoms. The summed E-state index contributed by atoms with van der Waals surface area (Å²) in [6.07, 6.45) is 5.11. The molecule has 1 aliphatic carbocycles. The smallest absolute Gasteiger partial charge is 0.255 e. The monoisotopic (exact) mass is 455 g/mol. The topological polar surface area (TPSA) is 101 Å². The Hall–Kier alpha value is -3.85. The number of carbonyl (C=O) groups is 1.